The molecule has 0 saturated heterocycles. The van der Waals surface area contributed by atoms with Crippen LogP contribution >= 0.6 is 0 Å². The van der Waals surface area contributed by atoms with Gasteiger partial charge in [0.2, 0.25) is 0 Å². The number of allylic oxidation sites excluding steroid dienone is 4. The number of rotatable bonds is 11. The van der Waals surface area contributed by atoms with Crippen molar-refractivity contribution >= 4 is 24.0 Å². The van der Waals surface area contributed by atoms with Gasteiger partial charge in [-0.15, -0.1) is 0 Å². The van der Waals surface area contributed by atoms with Crippen molar-refractivity contribution in [1.82, 2.24) is 10.6 Å². The third-order valence-electron chi connectivity index (χ3n) is 9.29. The molecule has 44 heavy (non-hydrogen) atoms. The predicted octanol–water partition coefficient (Wildman–Crippen LogP) is 5.92. The Morgan fingerprint density at radius 3 is 1.59 bits per heavy atom. The van der Waals surface area contributed by atoms with Crippen LogP contribution < -0.4 is 15.4 Å². The molecule has 12 heteroatoms. The summed E-state index contributed by atoms with van der Waals surface area (Å²) < 4.78 is 21.4. The zero-order chi connectivity index (χ0) is 30.9. The number of non-ortho nitro benzene ring substituents is 1. The van der Waals surface area contributed by atoms with E-state index in [0.29, 0.717) is 48.7 Å². The predicted molar refractivity (Wildman–Crippen MR) is 159 cm³/mol. The minimum atomic E-state index is -1.10. The molecule has 4 aliphatic carbocycles. The Balaban J connectivity index is 1.07. The molecule has 2 amide bonds. The van der Waals surface area contributed by atoms with E-state index in [4.69, 9.17) is 18.9 Å². The number of fused-ring (bicyclic) bond motifs is 2. The Bertz CT molecular complexity index is 1140. The lowest BCUT2D eigenvalue weighted by atomic mass is 10.1. The van der Waals surface area contributed by atoms with E-state index in [1.54, 1.807) is 0 Å². The van der Waals surface area contributed by atoms with Gasteiger partial charge in [0.15, 0.2) is 0 Å². The number of alkyl carbamates (subject to hydrolysis) is 2. The van der Waals surface area contributed by atoms with Gasteiger partial charge in [-0.25, -0.2) is 14.4 Å². The minimum absolute atomic E-state index is 0.0412. The van der Waals surface area contributed by atoms with Crippen LogP contribution in [0.4, 0.5) is 20.1 Å². The van der Waals surface area contributed by atoms with E-state index in [2.05, 4.69) is 34.9 Å². The lowest BCUT2D eigenvalue weighted by Crippen LogP contribution is -2.43. The molecular formula is C32H41N3O9. The molecule has 1 aromatic carbocycles. The number of benzene rings is 1. The third kappa shape index (κ3) is 8.96. The second kappa shape index (κ2) is 15.1. The summed E-state index contributed by atoms with van der Waals surface area (Å²) in [5.41, 5.74) is -0.157. The molecular weight excluding hydrogens is 570 g/mol. The molecule has 0 radical (unpaired) electrons. The first-order valence-electron chi connectivity index (χ1n) is 15.6. The van der Waals surface area contributed by atoms with Gasteiger partial charge in [-0.05, 0) is 99.0 Å². The number of nitrogens with one attached hydrogen (secondary N) is 2. The van der Waals surface area contributed by atoms with Crippen molar-refractivity contribution in [2.24, 2.45) is 35.5 Å². The Kier molecular flexibility index (Phi) is 10.7. The number of amides is 2. The number of nitro groups is 1. The van der Waals surface area contributed by atoms with Crippen LogP contribution in [-0.4, -0.2) is 55.7 Å². The molecule has 0 aliphatic heterocycles. The van der Waals surface area contributed by atoms with Gasteiger partial charge in [0.05, 0.1) is 31.2 Å². The van der Waals surface area contributed by atoms with Gasteiger partial charge in [0.1, 0.15) is 11.9 Å². The van der Waals surface area contributed by atoms with Gasteiger partial charge in [0.25, 0.3) is 5.69 Å². The Morgan fingerprint density at radius 2 is 1.18 bits per heavy atom. The molecule has 0 aromatic heterocycles. The number of nitrogens with zero attached hydrogens (tertiary/aromatic N) is 1. The summed E-state index contributed by atoms with van der Waals surface area (Å²) in [5.74, 6) is 3.09. The highest BCUT2D eigenvalue weighted by atomic mass is 16.7. The molecule has 4 aliphatic rings. The van der Waals surface area contributed by atoms with Crippen molar-refractivity contribution < 1.29 is 38.3 Å². The summed E-state index contributed by atoms with van der Waals surface area (Å²) >= 11 is 0. The molecule has 5 rings (SSSR count). The lowest BCUT2D eigenvalue weighted by Gasteiger charge is -2.19. The Hall–Kier alpha value is -4.09. The number of carbonyl (C=O) groups excluding carboxylic acids is 3. The lowest BCUT2D eigenvalue weighted by molar-refractivity contribution is -0.384. The summed E-state index contributed by atoms with van der Waals surface area (Å²) in [6.07, 6.45) is 14.1. The fraction of sp³-hybridized carbons (Fsp3) is 0.594. The van der Waals surface area contributed by atoms with Crippen LogP contribution in [0.1, 0.15) is 51.4 Å². The van der Waals surface area contributed by atoms with Gasteiger partial charge in [0, 0.05) is 12.1 Å². The zero-order valence-electron chi connectivity index (χ0n) is 24.8. The summed E-state index contributed by atoms with van der Waals surface area (Å²) in [7, 11) is 0. The monoisotopic (exact) mass is 611 g/mol. The Morgan fingerprint density at radius 1 is 0.750 bits per heavy atom. The molecule has 1 aromatic rings. The summed E-state index contributed by atoms with van der Waals surface area (Å²) in [5, 5.41) is 16.1. The van der Waals surface area contributed by atoms with Crippen molar-refractivity contribution in [2.45, 2.75) is 57.5 Å². The molecule has 0 bridgehead atoms. The Labute approximate surface area is 256 Å². The molecule has 0 heterocycles. The van der Waals surface area contributed by atoms with Crippen LogP contribution in [0.5, 0.6) is 5.75 Å². The highest BCUT2D eigenvalue weighted by Gasteiger charge is 2.50. The van der Waals surface area contributed by atoms with E-state index in [1.807, 2.05) is 0 Å². The third-order valence-corrected chi connectivity index (χ3v) is 9.29. The molecule has 6 atom stereocenters. The average molecular weight is 612 g/mol. The highest BCUT2D eigenvalue weighted by molar-refractivity contribution is 5.68. The van der Waals surface area contributed by atoms with Crippen LogP contribution in [0.25, 0.3) is 0 Å². The average Bonchev–Trinajstić information content (AvgIpc) is 3.84. The van der Waals surface area contributed by atoms with E-state index in [1.165, 1.54) is 24.3 Å². The first-order chi connectivity index (χ1) is 21.4. The topological polar surface area (TPSA) is 155 Å². The smallest absolute Gasteiger partial charge is 0.449 e. The van der Waals surface area contributed by atoms with Gasteiger partial charge in [-0.3, -0.25) is 10.1 Å². The molecule has 2 N–H and O–H groups in total. The zero-order valence-corrected chi connectivity index (χ0v) is 24.8. The fourth-order valence-corrected chi connectivity index (χ4v) is 6.77. The SMILES string of the molecule is O=C(NCC(CNC(=O)OC[C@H]1[C@@H]2CC/C=C/CC[C@@H]21)OC(=O)Oc1ccc([N+](=O)[O-])cc1)OC[C@H]1[C@@H]2CC/C=C/CC[C@@H]21. The van der Waals surface area contributed by atoms with E-state index in [-0.39, 0.29) is 24.5 Å². The molecule has 2 fully saturated rings. The quantitative estimate of drug-likeness (QED) is 0.0775. The van der Waals surface area contributed by atoms with Crippen LogP contribution in [0, 0.1) is 45.6 Å². The van der Waals surface area contributed by atoms with Gasteiger partial charge < -0.3 is 29.6 Å². The van der Waals surface area contributed by atoms with Crippen LogP contribution in [0.3, 0.4) is 0 Å². The number of ether oxygens (including phenoxy) is 4. The normalized spacial score (nSPS) is 28.2. The maximum atomic E-state index is 12.5. The van der Waals surface area contributed by atoms with Gasteiger partial charge >= 0.3 is 18.3 Å². The highest BCUT2D eigenvalue weighted by Crippen LogP contribution is 2.53. The molecule has 0 spiro atoms. The first-order valence-corrected chi connectivity index (χ1v) is 15.6. The van der Waals surface area contributed by atoms with Crippen molar-refractivity contribution in [1.29, 1.82) is 0 Å². The number of hydrogen-bond acceptors (Lipinski definition) is 9. The maximum Gasteiger partial charge on any atom is 0.514 e. The van der Waals surface area contributed by atoms with Crippen molar-refractivity contribution in [2.75, 3.05) is 26.3 Å². The summed E-state index contributed by atoms with van der Waals surface area (Å²) in [6, 6.07) is 4.93. The van der Waals surface area contributed by atoms with E-state index in [0.717, 1.165) is 51.4 Å². The van der Waals surface area contributed by atoms with Gasteiger partial charge in [-0.2, -0.15) is 0 Å². The number of carbonyl (C=O) groups is 3. The van der Waals surface area contributed by atoms with Gasteiger partial charge in [-0.1, -0.05) is 24.3 Å². The second-order valence-corrected chi connectivity index (χ2v) is 12.0. The molecule has 0 unspecified atom stereocenters. The number of nitro benzene ring substituents is 1. The van der Waals surface area contributed by atoms with Crippen LogP contribution in [0.15, 0.2) is 48.6 Å². The van der Waals surface area contributed by atoms with Crippen molar-refractivity contribution in [3.63, 3.8) is 0 Å². The maximum absolute atomic E-state index is 12.5. The van der Waals surface area contributed by atoms with Crippen molar-refractivity contribution in [3.8, 4) is 5.75 Å². The molecule has 12 nitrogen and oxygen atoms in total. The first kappa shape index (κ1) is 31.3. The van der Waals surface area contributed by atoms with E-state index < -0.39 is 29.4 Å². The van der Waals surface area contributed by atoms with Crippen molar-refractivity contribution in [3.05, 3.63) is 58.7 Å². The fourth-order valence-electron chi connectivity index (χ4n) is 6.77. The van der Waals surface area contributed by atoms with E-state index >= 15 is 0 Å². The second-order valence-electron chi connectivity index (χ2n) is 12.0. The summed E-state index contributed by atoms with van der Waals surface area (Å²) in [4.78, 5) is 47.8. The summed E-state index contributed by atoms with van der Waals surface area (Å²) in [6.45, 7) is 0.378. The molecule has 238 valence electrons. The van der Waals surface area contributed by atoms with Crippen LogP contribution in [-0.2, 0) is 14.2 Å². The van der Waals surface area contributed by atoms with Crippen LogP contribution in [0.2, 0.25) is 0 Å². The van der Waals surface area contributed by atoms with E-state index in [9.17, 15) is 24.5 Å². The number of hydrogen-bond donors (Lipinski definition) is 2. The largest absolute Gasteiger partial charge is 0.514 e. The minimum Gasteiger partial charge on any atom is -0.449 e. The molecule has 2 saturated carbocycles. The standard InChI is InChI=1S/C32H41N3O9/c36-30(41-19-28-24-9-5-1-2-6-10-25(24)28)33-17-23(44-32(38)43-22-15-13-21(14-16-22)35(39)40)18-34-31(37)42-20-29-26-11-7-3-4-8-12-27(26)29/h1-4,13-16,23-29H,5-12,17-20H2,(H,33,36)(H,34,37)/b2-1+,4-3+/t24-,25+,26-,27+,28+,29+.